The van der Waals surface area contributed by atoms with E-state index in [4.69, 9.17) is 10.00 Å². The summed E-state index contributed by atoms with van der Waals surface area (Å²) in [5.74, 6) is 0.0506. The van der Waals surface area contributed by atoms with Crippen LogP contribution in [0.2, 0.25) is 0 Å². The maximum absolute atomic E-state index is 13.4. The average molecular weight is 193 g/mol. The van der Waals surface area contributed by atoms with E-state index in [-0.39, 0.29) is 11.7 Å². The number of nitriles is 1. The van der Waals surface area contributed by atoms with Crippen LogP contribution in [0.15, 0.2) is 12.1 Å². The first kappa shape index (κ1) is 10.5. The molecule has 0 bridgehead atoms. The number of hydrogen-bond acceptors (Lipinski definition) is 2. The van der Waals surface area contributed by atoms with Gasteiger partial charge in [0.2, 0.25) is 0 Å². The van der Waals surface area contributed by atoms with Crippen LogP contribution in [0.1, 0.15) is 30.9 Å². The number of methoxy groups -OCH3 is 1. The Kier molecular flexibility index (Phi) is 3.08. The molecule has 0 N–H and O–H groups in total. The zero-order valence-electron chi connectivity index (χ0n) is 8.47. The van der Waals surface area contributed by atoms with Crippen LogP contribution in [0.5, 0.6) is 5.75 Å². The van der Waals surface area contributed by atoms with Gasteiger partial charge in [-0.25, -0.2) is 4.39 Å². The Balaban J connectivity index is 3.45. The summed E-state index contributed by atoms with van der Waals surface area (Å²) in [6, 6.07) is 4.77. The lowest BCUT2D eigenvalue weighted by molar-refractivity contribution is 0.410. The summed E-state index contributed by atoms with van der Waals surface area (Å²) in [6.45, 7) is 3.69. The number of halogens is 1. The minimum atomic E-state index is -0.350. The van der Waals surface area contributed by atoms with Crippen molar-refractivity contribution in [2.45, 2.75) is 19.8 Å². The fraction of sp³-hybridized carbons (Fsp3) is 0.364. The Morgan fingerprint density at radius 1 is 1.43 bits per heavy atom. The van der Waals surface area contributed by atoms with Crippen LogP contribution in [0.25, 0.3) is 0 Å². The summed E-state index contributed by atoms with van der Waals surface area (Å²) >= 11 is 0. The monoisotopic (exact) mass is 193 g/mol. The molecule has 0 atom stereocenters. The van der Waals surface area contributed by atoms with Crippen molar-refractivity contribution in [3.8, 4) is 11.8 Å². The highest BCUT2D eigenvalue weighted by Gasteiger charge is 2.16. The lowest BCUT2D eigenvalue weighted by Crippen LogP contribution is -2.00. The molecule has 0 aliphatic heterocycles. The van der Waals surface area contributed by atoms with Gasteiger partial charge in [-0.05, 0) is 18.1 Å². The van der Waals surface area contributed by atoms with Crippen molar-refractivity contribution in [2.75, 3.05) is 7.11 Å². The molecule has 0 unspecified atom stereocenters. The van der Waals surface area contributed by atoms with E-state index in [0.717, 1.165) is 0 Å². The van der Waals surface area contributed by atoms with Crippen LogP contribution >= 0.6 is 0 Å². The molecule has 0 amide bonds. The van der Waals surface area contributed by atoms with Gasteiger partial charge in [0.25, 0.3) is 0 Å². The molecule has 3 heteroatoms. The highest BCUT2D eigenvalue weighted by molar-refractivity contribution is 5.50. The fourth-order valence-electron chi connectivity index (χ4n) is 1.42. The lowest BCUT2D eigenvalue weighted by atomic mass is 9.96. The van der Waals surface area contributed by atoms with Gasteiger partial charge >= 0.3 is 0 Å². The quantitative estimate of drug-likeness (QED) is 0.723. The molecule has 0 saturated carbocycles. The van der Waals surface area contributed by atoms with Crippen molar-refractivity contribution in [2.24, 2.45) is 0 Å². The maximum atomic E-state index is 13.4. The molecular weight excluding hydrogens is 181 g/mol. The van der Waals surface area contributed by atoms with Crippen LogP contribution in [0.3, 0.4) is 0 Å². The van der Waals surface area contributed by atoms with E-state index in [1.54, 1.807) is 0 Å². The highest BCUT2D eigenvalue weighted by Crippen LogP contribution is 2.29. The van der Waals surface area contributed by atoms with Gasteiger partial charge in [0.05, 0.1) is 7.11 Å². The molecule has 0 saturated heterocycles. The minimum Gasteiger partial charge on any atom is -0.495 e. The smallest absolute Gasteiger partial charge is 0.137 e. The second-order valence-corrected chi connectivity index (χ2v) is 3.30. The first-order chi connectivity index (χ1) is 6.61. The van der Waals surface area contributed by atoms with E-state index < -0.39 is 0 Å². The minimum absolute atomic E-state index is 0.0280. The first-order valence-corrected chi connectivity index (χ1v) is 4.38. The summed E-state index contributed by atoms with van der Waals surface area (Å²) < 4.78 is 18.4. The Morgan fingerprint density at radius 3 is 2.50 bits per heavy atom. The van der Waals surface area contributed by atoms with Crippen LogP contribution < -0.4 is 4.74 Å². The van der Waals surface area contributed by atoms with Crippen molar-refractivity contribution in [1.82, 2.24) is 0 Å². The van der Waals surface area contributed by atoms with Crippen molar-refractivity contribution in [3.05, 3.63) is 29.1 Å². The number of ether oxygens (including phenoxy) is 1. The van der Waals surface area contributed by atoms with Crippen molar-refractivity contribution in [3.63, 3.8) is 0 Å². The molecule has 0 spiro atoms. The molecule has 74 valence electrons. The van der Waals surface area contributed by atoms with Gasteiger partial charge in [0.15, 0.2) is 0 Å². The normalized spacial score (nSPS) is 10.0. The van der Waals surface area contributed by atoms with Gasteiger partial charge in [0.1, 0.15) is 23.2 Å². The van der Waals surface area contributed by atoms with E-state index in [1.165, 1.54) is 19.2 Å². The van der Waals surface area contributed by atoms with Crippen molar-refractivity contribution >= 4 is 0 Å². The van der Waals surface area contributed by atoms with Crippen LogP contribution in [0.4, 0.5) is 4.39 Å². The Labute approximate surface area is 82.9 Å². The van der Waals surface area contributed by atoms with Gasteiger partial charge in [-0.1, -0.05) is 13.8 Å². The molecule has 0 heterocycles. The second kappa shape index (κ2) is 4.10. The van der Waals surface area contributed by atoms with Gasteiger partial charge in [0, 0.05) is 5.56 Å². The Morgan fingerprint density at radius 2 is 2.07 bits per heavy atom. The molecular formula is C11H12FNO. The highest BCUT2D eigenvalue weighted by atomic mass is 19.1. The molecule has 0 fully saturated rings. The van der Waals surface area contributed by atoms with Gasteiger partial charge in [-0.3, -0.25) is 0 Å². The molecule has 14 heavy (non-hydrogen) atoms. The lowest BCUT2D eigenvalue weighted by Gasteiger charge is -2.12. The summed E-state index contributed by atoms with van der Waals surface area (Å²) in [5.41, 5.74) is 0.717. The van der Waals surface area contributed by atoms with Crippen molar-refractivity contribution < 1.29 is 9.13 Å². The molecule has 1 rings (SSSR count). The molecule has 0 aliphatic rings. The first-order valence-electron chi connectivity index (χ1n) is 4.38. The molecule has 0 radical (unpaired) electrons. The Bertz CT molecular complexity index is 380. The van der Waals surface area contributed by atoms with Crippen LogP contribution in [-0.4, -0.2) is 7.11 Å². The third-order valence-electron chi connectivity index (χ3n) is 2.06. The molecule has 0 aliphatic carbocycles. The third kappa shape index (κ3) is 1.69. The van der Waals surface area contributed by atoms with E-state index in [0.29, 0.717) is 16.9 Å². The zero-order valence-corrected chi connectivity index (χ0v) is 8.47. The molecule has 0 aromatic heterocycles. The SMILES string of the molecule is COc1ccc(F)c(C(C)C)c1C#N. The van der Waals surface area contributed by atoms with E-state index in [9.17, 15) is 4.39 Å². The van der Waals surface area contributed by atoms with Crippen LogP contribution in [-0.2, 0) is 0 Å². The van der Waals surface area contributed by atoms with Gasteiger partial charge < -0.3 is 4.74 Å². The summed E-state index contributed by atoms with van der Waals surface area (Å²) in [7, 11) is 1.47. The summed E-state index contributed by atoms with van der Waals surface area (Å²) in [6.07, 6.45) is 0. The number of nitrogens with zero attached hydrogens (tertiary/aromatic N) is 1. The average Bonchev–Trinajstić information content (AvgIpc) is 2.16. The predicted molar refractivity (Wildman–Crippen MR) is 51.8 cm³/mol. The summed E-state index contributed by atoms with van der Waals surface area (Å²) in [4.78, 5) is 0. The molecule has 1 aromatic carbocycles. The third-order valence-corrected chi connectivity index (χ3v) is 2.06. The standard InChI is InChI=1S/C11H12FNO/c1-7(2)11-8(6-13)10(14-3)5-4-9(11)12/h4-5,7H,1-3H3. The Hall–Kier alpha value is -1.56. The maximum Gasteiger partial charge on any atom is 0.137 e. The second-order valence-electron chi connectivity index (χ2n) is 3.30. The number of hydrogen-bond donors (Lipinski definition) is 0. The van der Waals surface area contributed by atoms with E-state index >= 15 is 0 Å². The van der Waals surface area contributed by atoms with Gasteiger partial charge in [-0.15, -0.1) is 0 Å². The zero-order chi connectivity index (χ0) is 10.7. The van der Waals surface area contributed by atoms with Crippen LogP contribution in [0, 0.1) is 17.1 Å². The summed E-state index contributed by atoms with van der Waals surface area (Å²) in [5, 5.41) is 8.91. The predicted octanol–water partition coefficient (Wildman–Crippen LogP) is 2.83. The van der Waals surface area contributed by atoms with E-state index in [1.807, 2.05) is 19.9 Å². The molecule has 2 nitrogen and oxygen atoms in total. The molecule has 1 aromatic rings. The number of benzene rings is 1. The van der Waals surface area contributed by atoms with Gasteiger partial charge in [-0.2, -0.15) is 5.26 Å². The largest absolute Gasteiger partial charge is 0.495 e. The topological polar surface area (TPSA) is 33.0 Å². The fourth-order valence-corrected chi connectivity index (χ4v) is 1.42. The number of rotatable bonds is 2. The van der Waals surface area contributed by atoms with Crippen molar-refractivity contribution in [1.29, 1.82) is 5.26 Å². The van der Waals surface area contributed by atoms with E-state index in [2.05, 4.69) is 0 Å².